The number of amides is 2. The third-order valence-corrected chi connectivity index (χ3v) is 3.88. The summed E-state index contributed by atoms with van der Waals surface area (Å²) in [5.74, 6) is -1.33. The molecule has 0 saturated heterocycles. The molecule has 0 radical (unpaired) electrons. The Kier molecular flexibility index (Phi) is 6.15. The van der Waals surface area contributed by atoms with E-state index in [1.54, 1.807) is 11.6 Å². The van der Waals surface area contributed by atoms with Crippen LogP contribution in [0.15, 0.2) is 30.9 Å². The molecule has 2 aromatic rings. The van der Waals surface area contributed by atoms with Crippen molar-refractivity contribution < 1.29 is 14.0 Å². The van der Waals surface area contributed by atoms with Crippen molar-refractivity contribution in [2.45, 2.75) is 27.3 Å². The van der Waals surface area contributed by atoms with Crippen LogP contribution in [-0.4, -0.2) is 21.6 Å². The molecule has 26 heavy (non-hydrogen) atoms. The fraction of sp³-hybridized carbons (Fsp3) is 0.278. The highest BCUT2D eigenvalue weighted by Crippen LogP contribution is 2.24. The number of hydrogen-bond acceptors (Lipinski definition) is 3. The van der Waals surface area contributed by atoms with Crippen LogP contribution in [0.3, 0.4) is 0 Å². The number of hydrogen-bond donors (Lipinski definition) is 2. The Bertz CT molecular complexity index is 861. The van der Waals surface area contributed by atoms with Crippen molar-refractivity contribution in [3.05, 3.63) is 53.1 Å². The first kappa shape index (κ1) is 19.7. The number of halogens is 2. The van der Waals surface area contributed by atoms with Gasteiger partial charge in [-0.25, -0.2) is 4.39 Å². The van der Waals surface area contributed by atoms with Crippen LogP contribution in [-0.2, 0) is 11.3 Å². The molecule has 0 aliphatic rings. The highest BCUT2D eigenvalue weighted by atomic mass is 35.5. The summed E-state index contributed by atoms with van der Waals surface area (Å²) in [7, 11) is 0. The molecule has 0 spiro atoms. The number of nitrogens with one attached hydrogen (secondary N) is 2. The second kappa shape index (κ2) is 8.14. The molecule has 0 bridgehead atoms. The van der Waals surface area contributed by atoms with E-state index in [1.807, 2.05) is 13.8 Å². The van der Waals surface area contributed by atoms with Crippen LogP contribution in [0.1, 0.15) is 29.9 Å². The summed E-state index contributed by atoms with van der Waals surface area (Å²) in [6.07, 6.45) is 1.02. The van der Waals surface area contributed by atoms with Gasteiger partial charge in [0.15, 0.2) is 0 Å². The highest BCUT2D eigenvalue weighted by molar-refractivity contribution is 6.33. The zero-order valence-electron chi connectivity index (χ0n) is 14.8. The van der Waals surface area contributed by atoms with E-state index in [-0.39, 0.29) is 16.4 Å². The van der Waals surface area contributed by atoms with Gasteiger partial charge in [0, 0.05) is 12.2 Å². The molecule has 0 unspecified atom stereocenters. The Hall–Kier alpha value is -2.67. The largest absolute Gasteiger partial charge is 0.322 e. The third kappa shape index (κ3) is 4.49. The lowest BCUT2D eigenvalue weighted by Crippen LogP contribution is -2.14. The molecule has 6 nitrogen and oxygen atoms in total. The molecule has 1 aromatic heterocycles. The predicted octanol–water partition coefficient (Wildman–Crippen LogP) is 4.02. The molecule has 0 atom stereocenters. The Morgan fingerprint density at radius 3 is 2.69 bits per heavy atom. The maximum absolute atomic E-state index is 13.8. The van der Waals surface area contributed by atoms with Gasteiger partial charge >= 0.3 is 0 Å². The van der Waals surface area contributed by atoms with Crippen molar-refractivity contribution in [3.63, 3.8) is 0 Å². The molecule has 0 aliphatic heterocycles. The number of aromatic nitrogens is 2. The first-order chi connectivity index (χ1) is 12.2. The van der Waals surface area contributed by atoms with Gasteiger partial charge < -0.3 is 10.6 Å². The van der Waals surface area contributed by atoms with E-state index in [0.29, 0.717) is 23.8 Å². The zero-order valence-corrected chi connectivity index (χ0v) is 15.5. The Balaban J connectivity index is 2.25. The number of aryl methyl sites for hydroxylation is 1. The van der Waals surface area contributed by atoms with E-state index >= 15 is 0 Å². The Labute approximate surface area is 156 Å². The summed E-state index contributed by atoms with van der Waals surface area (Å²) < 4.78 is 15.4. The molecular formula is C18H20ClFN4O2. The van der Waals surface area contributed by atoms with E-state index in [1.165, 1.54) is 12.1 Å². The van der Waals surface area contributed by atoms with Crippen molar-refractivity contribution in [1.82, 2.24) is 9.78 Å². The molecule has 8 heteroatoms. The van der Waals surface area contributed by atoms with Crippen LogP contribution in [0, 0.1) is 18.7 Å². The summed E-state index contributed by atoms with van der Waals surface area (Å²) in [6.45, 7) is 9.62. The third-order valence-electron chi connectivity index (χ3n) is 3.50. The van der Waals surface area contributed by atoms with Crippen molar-refractivity contribution in [1.29, 1.82) is 0 Å². The standard InChI is InChI=1S/C18H20ClFN4O2/c1-5-15(25)22-14-8-12(6-7-13(14)20)21-18(26)16-11(4)23-24(17(16)19)9-10(2)3/h5-8,10H,1,9H2,2-4H3,(H,21,26)(H,22,25). The van der Waals surface area contributed by atoms with Crippen LogP contribution >= 0.6 is 11.6 Å². The van der Waals surface area contributed by atoms with Gasteiger partial charge in [0.05, 0.1) is 16.9 Å². The Morgan fingerprint density at radius 1 is 1.38 bits per heavy atom. The molecule has 1 heterocycles. The fourth-order valence-electron chi connectivity index (χ4n) is 2.35. The van der Waals surface area contributed by atoms with E-state index < -0.39 is 17.6 Å². The minimum absolute atomic E-state index is 0.0639. The monoisotopic (exact) mass is 378 g/mol. The first-order valence-corrected chi connectivity index (χ1v) is 8.38. The number of rotatable bonds is 6. The second-order valence-corrected chi connectivity index (χ2v) is 6.53. The number of benzene rings is 1. The number of nitrogens with zero attached hydrogens (tertiary/aromatic N) is 2. The maximum atomic E-state index is 13.8. The van der Waals surface area contributed by atoms with Gasteiger partial charge in [-0.15, -0.1) is 0 Å². The number of carbonyl (C=O) groups is 2. The van der Waals surface area contributed by atoms with Crippen molar-refractivity contribution in [3.8, 4) is 0 Å². The SMILES string of the molecule is C=CC(=O)Nc1cc(NC(=O)c2c(C)nn(CC(C)C)c2Cl)ccc1F. The van der Waals surface area contributed by atoms with Gasteiger partial charge in [0.1, 0.15) is 11.0 Å². The molecule has 2 rings (SSSR count). The molecule has 0 saturated carbocycles. The topological polar surface area (TPSA) is 76.0 Å². The van der Waals surface area contributed by atoms with Gasteiger partial charge in [-0.05, 0) is 37.1 Å². The van der Waals surface area contributed by atoms with Gasteiger partial charge in [0.2, 0.25) is 5.91 Å². The maximum Gasteiger partial charge on any atom is 0.260 e. The quantitative estimate of drug-likeness (QED) is 0.745. The van der Waals surface area contributed by atoms with Crippen molar-refractivity contribution in [2.24, 2.45) is 5.92 Å². The minimum Gasteiger partial charge on any atom is -0.322 e. The van der Waals surface area contributed by atoms with Crippen LogP contribution in [0.2, 0.25) is 5.15 Å². The first-order valence-electron chi connectivity index (χ1n) is 8.00. The van der Waals surface area contributed by atoms with Gasteiger partial charge in [-0.2, -0.15) is 5.10 Å². The summed E-state index contributed by atoms with van der Waals surface area (Å²) in [6, 6.07) is 3.85. The summed E-state index contributed by atoms with van der Waals surface area (Å²) in [5, 5.41) is 9.52. The second-order valence-electron chi connectivity index (χ2n) is 6.17. The fourth-order valence-corrected chi connectivity index (χ4v) is 2.68. The van der Waals surface area contributed by atoms with Crippen LogP contribution < -0.4 is 10.6 Å². The van der Waals surface area contributed by atoms with E-state index in [0.717, 1.165) is 12.1 Å². The normalized spacial score (nSPS) is 10.7. The lowest BCUT2D eigenvalue weighted by Gasteiger charge is -2.09. The predicted molar refractivity (Wildman–Crippen MR) is 100.0 cm³/mol. The van der Waals surface area contributed by atoms with Crippen LogP contribution in [0.4, 0.5) is 15.8 Å². The Morgan fingerprint density at radius 2 is 2.08 bits per heavy atom. The van der Waals surface area contributed by atoms with Gasteiger partial charge in [-0.3, -0.25) is 14.3 Å². The van der Waals surface area contributed by atoms with Crippen LogP contribution in [0.5, 0.6) is 0 Å². The van der Waals surface area contributed by atoms with E-state index in [9.17, 15) is 14.0 Å². The smallest absolute Gasteiger partial charge is 0.260 e. The molecular weight excluding hydrogens is 359 g/mol. The van der Waals surface area contributed by atoms with Gasteiger partial charge in [-0.1, -0.05) is 32.0 Å². The highest BCUT2D eigenvalue weighted by Gasteiger charge is 2.21. The van der Waals surface area contributed by atoms with Gasteiger partial charge in [0.25, 0.3) is 5.91 Å². The molecule has 2 amide bonds. The molecule has 0 aliphatic carbocycles. The summed E-state index contributed by atoms with van der Waals surface area (Å²) in [5.41, 5.74) is 0.998. The van der Waals surface area contributed by atoms with Crippen molar-refractivity contribution in [2.75, 3.05) is 10.6 Å². The van der Waals surface area contributed by atoms with E-state index in [4.69, 9.17) is 11.6 Å². The van der Waals surface area contributed by atoms with E-state index in [2.05, 4.69) is 22.3 Å². The number of carbonyl (C=O) groups excluding carboxylic acids is 2. The molecule has 0 fully saturated rings. The molecule has 1 aromatic carbocycles. The number of anilines is 2. The average molecular weight is 379 g/mol. The molecule has 2 N–H and O–H groups in total. The summed E-state index contributed by atoms with van der Waals surface area (Å²) >= 11 is 6.29. The lowest BCUT2D eigenvalue weighted by molar-refractivity contribution is -0.111. The molecule has 138 valence electrons. The minimum atomic E-state index is -0.628. The van der Waals surface area contributed by atoms with Crippen LogP contribution in [0.25, 0.3) is 0 Å². The summed E-state index contributed by atoms with van der Waals surface area (Å²) in [4.78, 5) is 23.9. The zero-order chi connectivity index (χ0) is 19.4. The van der Waals surface area contributed by atoms with Crippen molar-refractivity contribution >= 4 is 34.8 Å². The lowest BCUT2D eigenvalue weighted by atomic mass is 10.2. The average Bonchev–Trinajstić information content (AvgIpc) is 2.83.